The number of carboxylic acids is 1. The molecule has 2 aliphatic carbocycles. The van der Waals surface area contributed by atoms with Gasteiger partial charge in [0.15, 0.2) is 0 Å². The molecule has 0 radical (unpaired) electrons. The SMILES string of the molecule is O=C(O)C1=CCC2CCC12.[H-].[Na+]. The summed E-state index contributed by atoms with van der Waals surface area (Å²) in [6.07, 6.45) is 5.23. The van der Waals surface area contributed by atoms with Crippen molar-refractivity contribution in [3.63, 3.8) is 0 Å². The van der Waals surface area contributed by atoms with Crippen molar-refractivity contribution >= 4 is 5.97 Å². The maximum Gasteiger partial charge on any atom is 1.00 e. The van der Waals surface area contributed by atoms with E-state index in [9.17, 15) is 4.79 Å². The van der Waals surface area contributed by atoms with Crippen LogP contribution in [0.1, 0.15) is 20.7 Å². The topological polar surface area (TPSA) is 37.3 Å². The molecule has 0 bridgehead atoms. The van der Waals surface area contributed by atoms with Crippen molar-refractivity contribution < 1.29 is 40.9 Å². The van der Waals surface area contributed by atoms with Crippen LogP contribution < -0.4 is 29.6 Å². The first kappa shape index (κ1) is 9.30. The zero-order valence-corrected chi connectivity index (χ0v) is 8.71. The Bertz CT molecular complexity index is 215. The minimum atomic E-state index is -0.702. The van der Waals surface area contributed by atoms with Gasteiger partial charge in [0.05, 0.1) is 0 Å². The first-order valence-electron chi connectivity index (χ1n) is 3.72. The van der Waals surface area contributed by atoms with Gasteiger partial charge in [-0.2, -0.15) is 0 Å². The molecule has 2 aliphatic rings. The molecule has 1 N–H and O–H groups in total. The number of carboxylic acid groups (broad SMARTS) is 1. The Morgan fingerprint density at radius 1 is 1.64 bits per heavy atom. The molecule has 0 amide bonds. The van der Waals surface area contributed by atoms with Crippen molar-refractivity contribution in [2.75, 3.05) is 0 Å². The van der Waals surface area contributed by atoms with E-state index in [1.807, 2.05) is 6.08 Å². The number of hydrogen-bond donors (Lipinski definition) is 1. The van der Waals surface area contributed by atoms with Crippen LogP contribution in [0.2, 0.25) is 0 Å². The molecule has 0 aromatic heterocycles. The van der Waals surface area contributed by atoms with Crippen molar-refractivity contribution in [3.05, 3.63) is 11.6 Å². The zero-order valence-electron chi connectivity index (χ0n) is 7.71. The van der Waals surface area contributed by atoms with Gasteiger partial charge in [-0.15, -0.1) is 0 Å². The summed E-state index contributed by atoms with van der Waals surface area (Å²) >= 11 is 0. The minimum Gasteiger partial charge on any atom is -1.00 e. The molecule has 2 atom stereocenters. The average molecular weight is 162 g/mol. The Kier molecular flexibility index (Phi) is 2.79. The second-order valence-electron chi connectivity index (χ2n) is 3.14. The number of rotatable bonds is 1. The Labute approximate surface area is 89.4 Å². The summed E-state index contributed by atoms with van der Waals surface area (Å²) in [4.78, 5) is 10.5. The van der Waals surface area contributed by atoms with E-state index in [-0.39, 0.29) is 31.0 Å². The van der Waals surface area contributed by atoms with E-state index in [2.05, 4.69) is 0 Å². The molecule has 11 heavy (non-hydrogen) atoms. The summed E-state index contributed by atoms with van der Waals surface area (Å²) in [5, 5.41) is 8.67. The summed E-state index contributed by atoms with van der Waals surface area (Å²) in [6, 6.07) is 0. The quantitative estimate of drug-likeness (QED) is 0.479. The van der Waals surface area contributed by atoms with Gasteiger partial charge in [-0.05, 0) is 31.1 Å². The predicted molar refractivity (Wildman–Crippen MR) is 37.7 cm³/mol. The summed E-state index contributed by atoms with van der Waals surface area (Å²) in [5.41, 5.74) is 0.677. The zero-order chi connectivity index (χ0) is 7.14. The van der Waals surface area contributed by atoms with Crippen LogP contribution in [-0.4, -0.2) is 11.1 Å². The molecule has 2 rings (SSSR count). The summed E-state index contributed by atoms with van der Waals surface area (Å²) in [7, 11) is 0. The fourth-order valence-electron chi connectivity index (χ4n) is 1.94. The number of allylic oxidation sites excluding steroid dienone is 1. The molecule has 56 valence electrons. The Morgan fingerprint density at radius 2 is 2.36 bits per heavy atom. The molecule has 0 aromatic rings. The van der Waals surface area contributed by atoms with Crippen molar-refractivity contribution in [3.8, 4) is 0 Å². The molecular formula is C8H11NaO2. The van der Waals surface area contributed by atoms with Gasteiger partial charge in [-0.1, -0.05) is 6.08 Å². The monoisotopic (exact) mass is 162 g/mol. The van der Waals surface area contributed by atoms with Crippen LogP contribution in [0.4, 0.5) is 0 Å². The van der Waals surface area contributed by atoms with E-state index in [1.54, 1.807) is 0 Å². The Morgan fingerprint density at radius 3 is 2.64 bits per heavy atom. The molecule has 0 heterocycles. The summed E-state index contributed by atoms with van der Waals surface area (Å²) in [5.74, 6) is 0.399. The number of hydrogen-bond acceptors (Lipinski definition) is 1. The maximum atomic E-state index is 10.5. The third-order valence-electron chi connectivity index (χ3n) is 2.70. The minimum absolute atomic E-state index is 0. The molecule has 1 saturated carbocycles. The molecule has 2 unspecified atom stereocenters. The van der Waals surface area contributed by atoms with Gasteiger partial charge in [0.2, 0.25) is 0 Å². The largest absolute Gasteiger partial charge is 1.00 e. The first-order chi connectivity index (χ1) is 4.79. The predicted octanol–water partition coefficient (Wildman–Crippen LogP) is -1.46. The number of fused-ring (bicyclic) bond motifs is 1. The van der Waals surface area contributed by atoms with E-state index in [0.717, 1.165) is 12.8 Å². The molecule has 0 aliphatic heterocycles. The van der Waals surface area contributed by atoms with E-state index in [0.29, 0.717) is 17.4 Å². The average Bonchev–Trinajstić information content (AvgIpc) is 2.07. The second kappa shape index (κ2) is 3.30. The standard InChI is InChI=1S/C8H10O2.Na.H/c9-8(10)7-4-2-5-1-3-6(5)7;;/h4-6H,1-3H2,(H,9,10);;/q;+1;-1. The third kappa shape index (κ3) is 1.40. The fourth-order valence-corrected chi connectivity index (χ4v) is 1.94. The second-order valence-corrected chi connectivity index (χ2v) is 3.14. The number of carbonyl (C=O) groups is 1. The van der Waals surface area contributed by atoms with Crippen LogP contribution >= 0.6 is 0 Å². The smallest absolute Gasteiger partial charge is 1.00 e. The van der Waals surface area contributed by atoms with E-state index in [1.165, 1.54) is 6.42 Å². The van der Waals surface area contributed by atoms with Gasteiger partial charge in [-0.25, -0.2) is 4.79 Å². The van der Waals surface area contributed by atoms with E-state index < -0.39 is 5.97 Å². The molecule has 0 saturated heterocycles. The van der Waals surface area contributed by atoms with Gasteiger partial charge in [0.25, 0.3) is 0 Å². The maximum absolute atomic E-state index is 10.5. The molecule has 1 fully saturated rings. The number of aliphatic carboxylic acids is 1. The molecule has 0 aromatic carbocycles. The molecule has 3 heteroatoms. The van der Waals surface area contributed by atoms with Crippen LogP contribution in [0.5, 0.6) is 0 Å². The molecule has 0 spiro atoms. The van der Waals surface area contributed by atoms with Gasteiger partial charge in [0, 0.05) is 5.57 Å². The van der Waals surface area contributed by atoms with Crippen LogP contribution in [0.15, 0.2) is 11.6 Å². The molecular weight excluding hydrogens is 151 g/mol. The Balaban J connectivity index is 0.000000605. The van der Waals surface area contributed by atoms with E-state index >= 15 is 0 Å². The van der Waals surface area contributed by atoms with Crippen LogP contribution in [-0.2, 0) is 4.79 Å². The van der Waals surface area contributed by atoms with E-state index in [4.69, 9.17) is 5.11 Å². The fraction of sp³-hybridized carbons (Fsp3) is 0.625. The van der Waals surface area contributed by atoms with Crippen LogP contribution in [0.3, 0.4) is 0 Å². The van der Waals surface area contributed by atoms with Crippen LogP contribution in [0.25, 0.3) is 0 Å². The molecule has 2 nitrogen and oxygen atoms in total. The first-order valence-corrected chi connectivity index (χ1v) is 3.72. The van der Waals surface area contributed by atoms with Crippen molar-refractivity contribution in [1.82, 2.24) is 0 Å². The van der Waals surface area contributed by atoms with Crippen molar-refractivity contribution in [1.29, 1.82) is 0 Å². The van der Waals surface area contributed by atoms with Gasteiger partial charge >= 0.3 is 35.5 Å². The Hall–Kier alpha value is 0.210. The normalized spacial score (nSPS) is 32.9. The van der Waals surface area contributed by atoms with Gasteiger partial charge in [-0.3, -0.25) is 0 Å². The van der Waals surface area contributed by atoms with Crippen LogP contribution in [0, 0.1) is 11.8 Å². The third-order valence-corrected chi connectivity index (χ3v) is 2.70. The summed E-state index contributed by atoms with van der Waals surface area (Å²) in [6.45, 7) is 0. The van der Waals surface area contributed by atoms with Gasteiger partial charge in [0.1, 0.15) is 0 Å². The van der Waals surface area contributed by atoms with Gasteiger partial charge < -0.3 is 6.53 Å². The van der Waals surface area contributed by atoms with Crippen molar-refractivity contribution in [2.24, 2.45) is 11.8 Å². The summed E-state index contributed by atoms with van der Waals surface area (Å²) < 4.78 is 0. The van der Waals surface area contributed by atoms with Crippen molar-refractivity contribution in [2.45, 2.75) is 19.3 Å².